The number of hydrogen-bond donors (Lipinski definition) is 2. The number of nitrogens with zero attached hydrogens (tertiary/aromatic N) is 7. The Hall–Kier alpha value is -4.22. The van der Waals surface area contributed by atoms with Crippen LogP contribution in [0.1, 0.15) is 12.8 Å². The molecule has 4 aromatic rings. The van der Waals surface area contributed by atoms with Crippen LogP contribution in [0.4, 0.5) is 11.8 Å². The van der Waals surface area contributed by atoms with Gasteiger partial charge in [-0.2, -0.15) is 9.50 Å². The van der Waals surface area contributed by atoms with E-state index in [0.717, 1.165) is 24.5 Å². The Kier molecular flexibility index (Phi) is 5.47. The number of aromatic amines is 1. The molecular weight excluding hydrogens is 426 g/mol. The van der Waals surface area contributed by atoms with Crippen molar-refractivity contribution >= 4 is 23.3 Å². The predicted molar refractivity (Wildman–Crippen MR) is 119 cm³/mol. The molecule has 0 aliphatic carbocycles. The van der Waals surface area contributed by atoms with E-state index in [0.29, 0.717) is 35.8 Å². The van der Waals surface area contributed by atoms with Gasteiger partial charge in [-0.15, -0.1) is 20.4 Å². The van der Waals surface area contributed by atoms with E-state index in [1.54, 1.807) is 31.1 Å². The molecule has 1 aromatic carbocycles. The molecule has 12 nitrogen and oxygen atoms in total. The number of benzene rings is 1. The van der Waals surface area contributed by atoms with E-state index in [2.05, 4.69) is 40.7 Å². The Morgan fingerprint density at radius 1 is 1.15 bits per heavy atom. The number of amides is 1. The Bertz CT molecular complexity index is 1280. The monoisotopic (exact) mass is 449 g/mol. The van der Waals surface area contributed by atoms with Crippen molar-refractivity contribution in [2.24, 2.45) is 5.92 Å². The van der Waals surface area contributed by atoms with Crippen LogP contribution < -0.4 is 19.7 Å². The van der Waals surface area contributed by atoms with Gasteiger partial charge in [0.1, 0.15) is 23.6 Å². The van der Waals surface area contributed by atoms with E-state index in [1.807, 2.05) is 24.3 Å². The molecule has 1 fully saturated rings. The lowest BCUT2D eigenvalue weighted by molar-refractivity contribution is -0.120. The summed E-state index contributed by atoms with van der Waals surface area (Å²) in [4.78, 5) is 19.4. The van der Waals surface area contributed by atoms with Gasteiger partial charge in [0.2, 0.25) is 11.9 Å². The first kappa shape index (κ1) is 20.7. The minimum atomic E-state index is -0.127. The van der Waals surface area contributed by atoms with Crippen molar-refractivity contribution in [2.75, 3.05) is 37.5 Å². The second-order valence-electron chi connectivity index (χ2n) is 7.65. The fraction of sp³-hybridized carbons (Fsp3) is 0.333. The van der Waals surface area contributed by atoms with Gasteiger partial charge in [0.05, 0.1) is 19.8 Å². The number of fused-ring (bicyclic) bond motifs is 1. The van der Waals surface area contributed by atoms with E-state index in [9.17, 15) is 4.79 Å². The molecule has 12 heteroatoms. The number of carbonyl (C=O) groups excluding carboxylic acids is 1. The number of hydrogen-bond acceptors (Lipinski definition) is 9. The zero-order valence-corrected chi connectivity index (χ0v) is 18.2. The molecule has 4 heterocycles. The van der Waals surface area contributed by atoms with Gasteiger partial charge < -0.3 is 14.4 Å². The van der Waals surface area contributed by atoms with Gasteiger partial charge >= 0.3 is 0 Å². The van der Waals surface area contributed by atoms with Crippen LogP contribution in [-0.4, -0.2) is 68.2 Å². The first-order valence-electron chi connectivity index (χ1n) is 10.5. The highest BCUT2D eigenvalue weighted by molar-refractivity contribution is 5.91. The highest BCUT2D eigenvalue weighted by Gasteiger charge is 2.27. The number of H-pyrrole nitrogens is 1. The lowest BCUT2D eigenvalue weighted by Crippen LogP contribution is -2.38. The van der Waals surface area contributed by atoms with Crippen molar-refractivity contribution in [2.45, 2.75) is 12.8 Å². The van der Waals surface area contributed by atoms with Gasteiger partial charge in [-0.25, -0.2) is 0 Å². The maximum absolute atomic E-state index is 12.8. The molecule has 3 aromatic heterocycles. The highest BCUT2D eigenvalue weighted by atomic mass is 16.5. The number of nitrogens with one attached hydrogen (secondary N) is 2. The summed E-state index contributed by atoms with van der Waals surface area (Å²) in [6.45, 7) is 1.45. The number of aromatic nitrogens is 7. The summed E-state index contributed by atoms with van der Waals surface area (Å²) in [5.41, 5.74) is 1.42. The Morgan fingerprint density at radius 2 is 2.00 bits per heavy atom. The quantitative estimate of drug-likeness (QED) is 0.451. The molecule has 1 amide bonds. The van der Waals surface area contributed by atoms with Gasteiger partial charge in [-0.1, -0.05) is 0 Å². The van der Waals surface area contributed by atoms with Crippen LogP contribution in [0.3, 0.4) is 0 Å². The Morgan fingerprint density at radius 3 is 2.79 bits per heavy atom. The van der Waals surface area contributed by atoms with Crippen LogP contribution in [0.2, 0.25) is 0 Å². The van der Waals surface area contributed by atoms with Crippen LogP contribution in [0.5, 0.6) is 11.5 Å². The smallest absolute Gasteiger partial charge is 0.249 e. The fourth-order valence-corrected chi connectivity index (χ4v) is 3.90. The Labute approximate surface area is 188 Å². The molecule has 0 saturated carbocycles. The molecule has 1 saturated heterocycles. The zero-order chi connectivity index (χ0) is 22.8. The second-order valence-corrected chi connectivity index (χ2v) is 7.65. The zero-order valence-electron chi connectivity index (χ0n) is 18.2. The maximum Gasteiger partial charge on any atom is 0.249 e. The van der Waals surface area contributed by atoms with E-state index in [-0.39, 0.29) is 17.8 Å². The first-order chi connectivity index (χ1) is 16.1. The third-order valence-electron chi connectivity index (χ3n) is 5.72. The van der Waals surface area contributed by atoms with Crippen molar-refractivity contribution in [3.8, 4) is 22.9 Å². The average molecular weight is 449 g/mol. The van der Waals surface area contributed by atoms with E-state index < -0.39 is 0 Å². The number of ether oxygens (including phenoxy) is 2. The number of piperidine rings is 1. The Balaban J connectivity index is 1.21. The van der Waals surface area contributed by atoms with Crippen molar-refractivity contribution in [1.82, 2.24) is 35.0 Å². The van der Waals surface area contributed by atoms with Crippen LogP contribution in [0.15, 0.2) is 36.7 Å². The standard InChI is InChI=1S/C21H23N9O3/c1-32-14-3-4-15(16(11-14)33-2)19-23-21(27-26-19)24-20(31)13-7-9-29(10-8-13)18-6-5-17-25-22-12-30(17)28-18/h3-6,11-13H,7-10H2,1-2H3,(H2,23,24,26,27,31). The average Bonchev–Trinajstić information content (AvgIpc) is 3.52. The summed E-state index contributed by atoms with van der Waals surface area (Å²) < 4.78 is 12.3. The number of rotatable bonds is 6. The fourth-order valence-electron chi connectivity index (χ4n) is 3.90. The van der Waals surface area contributed by atoms with Crippen LogP contribution in [0.25, 0.3) is 17.0 Å². The van der Waals surface area contributed by atoms with Gasteiger partial charge in [0.25, 0.3) is 0 Å². The van der Waals surface area contributed by atoms with E-state index in [4.69, 9.17) is 9.47 Å². The molecule has 5 rings (SSSR count). The molecule has 170 valence electrons. The third-order valence-corrected chi connectivity index (χ3v) is 5.72. The highest BCUT2D eigenvalue weighted by Crippen LogP contribution is 2.31. The lowest BCUT2D eigenvalue weighted by Gasteiger charge is -2.31. The molecule has 1 aliphatic rings. The molecule has 0 unspecified atom stereocenters. The summed E-state index contributed by atoms with van der Waals surface area (Å²) in [5, 5.41) is 22.2. The minimum Gasteiger partial charge on any atom is -0.497 e. The topological polar surface area (TPSA) is 135 Å². The SMILES string of the molecule is COc1ccc(-c2nc(NC(=O)C3CCN(c4ccc5nncn5n4)CC3)n[nH]2)c(OC)c1. The largest absolute Gasteiger partial charge is 0.497 e. The summed E-state index contributed by atoms with van der Waals surface area (Å²) in [7, 11) is 3.16. The van der Waals surface area contributed by atoms with Crippen LogP contribution in [-0.2, 0) is 4.79 Å². The van der Waals surface area contributed by atoms with E-state index >= 15 is 0 Å². The van der Waals surface area contributed by atoms with Crippen molar-refractivity contribution in [3.63, 3.8) is 0 Å². The molecule has 0 spiro atoms. The van der Waals surface area contributed by atoms with Gasteiger partial charge in [-0.3, -0.25) is 15.2 Å². The van der Waals surface area contributed by atoms with Crippen LogP contribution >= 0.6 is 0 Å². The molecule has 0 atom stereocenters. The second kappa shape index (κ2) is 8.73. The van der Waals surface area contributed by atoms with Gasteiger partial charge in [-0.05, 0) is 37.1 Å². The summed E-state index contributed by atoms with van der Waals surface area (Å²) in [5.74, 6) is 2.61. The van der Waals surface area contributed by atoms with Crippen molar-refractivity contribution < 1.29 is 14.3 Å². The minimum absolute atomic E-state index is 0.0934. The van der Waals surface area contributed by atoms with Crippen LogP contribution in [0, 0.1) is 5.92 Å². The molecule has 0 bridgehead atoms. The van der Waals surface area contributed by atoms with Gasteiger partial charge in [0.15, 0.2) is 11.5 Å². The normalized spacial score (nSPS) is 14.4. The maximum atomic E-state index is 12.8. The number of methoxy groups -OCH3 is 2. The van der Waals surface area contributed by atoms with Crippen molar-refractivity contribution in [3.05, 3.63) is 36.7 Å². The van der Waals surface area contributed by atoms with E-state index in [1.165, 1.54) is 0 Å². The third kappa shape index (κ3) is 4.14. The molecule has 33 heavy (non-hydrogen) atoms. The van der Waals surface area contributed by atoms with Crippen molar-refractivity contribution in [1.29, 1.82) is 0 Å². The molecular formula is C21H23N9O3. The van der Waals surface area contributed by atoms with Gasteiger partial charge in [0, 0.05) is 25.1 Å². The number of carbonyl (C=O) groups is 1. The first-order valence-corrected chi connectivity index (χ1v) is 10.5. The summed E-state index contributed by atoms with van der Waals surface area (Å²) in [6, 6.07) is 9.20. The molecule has 2 N–H and O–H groups in total. The molecule has 1 aliphatic heterocycles. The lowest BCUT2D eigenvalue weighted by atomic mass is 9.96. The summed E-state index contributed by atoms with van der Waals surface area (Å²) >= 11 is 0. The molecule has 0 radical (unpaired) electrons. The predicted octanol–water partition coefficient (Wildman–Crippen LogP) is 1.78. The number of anilines is 2. The summed E-state index contributed by atoms with van der Waals surface area (Å²) in [6.07, 6.45) is 2.99.